The van der Waals surface area contributed by atoms with E-state index in [2.05, 4.69) is 20.0 Å². The number of aromatic nitrogens is 2. The fraction of sp³-hybridized carbons (Fsp3) is 0.333. The van der Waals surface area contributed by atoms with Crippen molar-refractivity contribution in [3.8, 4) is 0 Å². The van der Waals surface area contributed by atoms with Crippen LogP contribution in [0.4, 0.5) is 13.6 Å². The Bertz CT molecular complexity index is 598. The van der Waals surface area contributed by atoms with Crippen molar-refractivity contribution in [1.82, 2.24) is 15.3 Å². The van der Waals surface area contributed by atoms with Gasteiger partial charge in [-0.3, -0.25) is 0 Å². The normalized spacial score (nSPS) is 10.7. The molecule has 0 fully saturated rings. The number of carbonyl (C=O) groups excluding carboxylic acids is 1. The summed E-state index contributed by atoms with van der Waals surface area (Å²) in [6.07, 6.45) is -0.148. The number of fused-ring (bicyclic) bond motifs is 1. The number of hydrogen-bond acceptors (Lipinski definition) is 3. The fourth-order valence-corrected chi connectivity index (χ4v) is 1.65. The number of carbonyl (C=O) groups is 1. The van der Waals surface area contributed by atoms with Crippen LogP contribution in [0.25, 0.3) is 11.0 Å². The maximum atomic E-state index is 13.4. The van der Waals surface area contributed by atoms with Crippen LogP contribution in [0.1, 0.15) is 12.7 Å². The highest BCUT2D eigenvalue weighted by molar-refractivity contribution is 5.75. The standard InChI is InChI=1S/C12H13F2N3O2/c1-2-19-12(18)15-6-5-9-16-8-4-3-7(13)10(14)11(8)17-9/h3-4H,2,5-6H2,1H3,(H,15,18)(H,16,17). The number of amides is 1. The van der Waals surface area contributed by atoms with Crippen molar-refractivity contribution in [2.45, 2.75) is 13.3 Å². The van der Waals surface area contributed by atoms with Gasteiger partial charge in [0.05, 0.1) is 12.1 Å². The van der Waals surface area contributed by atoms with Gasteiger partial charge in [-0.05, 0) is 19.1 Å². The van der Waals surface area contributed by atoms with Crippen molar-refractivity contribution in [2.24, 2.45) is 0 Å². The molecule has 0 radical (unpaired) electrons. The van der Waals surface area contributed by atoms with E-state index in [1.807, 2.05) is 0 Å². The molecule has 0 aliphatic heterocycles. The Hall–Kier alpha value is -2.18. The molecule has 5 nitrogen and oxygen atoms in total. The molecule has 2 N–H and O–H groups in total. The molecule has 1 heterocycles. The highest BCUT2D eigenvalue weighted by Crippen LogP contribution is 2.18. The van der Waals surface area contributed by atoms with Crippen molar-refractivity contribution >= 4 is 17.1 Å². The quantitative estimate of drug-likeness (QED) is 0.893. The summed E-state index contributed by atoms with van der Waals surface area (Å²) in [6, 6.07) is 2.46. The zero-order valence-corrected chi connectivity index (χ0v) is 10.3. The van der Waals surface area contributed by atoms with Gasteiger partial charge in [-0.1, -0.05) is 0 Å². The largest absolute Gasteiger partial charge is 0.450 e. The SMILES string of the molecule is CCOC(=O)NCCc1nc2c(F)c(F)ccc2[nH]1. The topological polar surface area (TPSA) is 67.0 Å². The second-order valence-electron chi connectivity index (χ2n) is 3.84. The van der Waals surface area contributed by atoms with Gasteiger partial charge in [-0.15, -0.1) is 0 Å². The first-order valence-electron chi connectivity index (χ1n) is 5.85. The molecule has 0 spiro atoms. The lowest BCUT2D eigenvalue weighted by atomic mass is 10.3. The molecular weight excluding hydrogens is 256 g/mol. The Morgan fingerprint density at radius 2 is 2.26 bits per heavy atom. The minimum Gasteiger partial charge on any atom is -0.450 e. The van der Waals surface area contributed by atoms with Gasteiger partial charge < -0.3 is 15.0 Å². The van der Waals surface area contributed by atoms with Crippen LogP contribution in [0.3, 0.4) is 0 Å². The van der Waals surface area contributed by atoms with Crippen molar-refractivity contribution < 1.29 is 18.3 Å². The van der Waals surface area contributed by atoms with E-state index in [1.165, 1.54) is 6.07 Å². The molecule has 0 atom stereocenters. The third kappa shape index (κ3) is 2.98. The molecule has 1 amide bonds. The van der Waals surface area contributed by atoms with Crippen LogP contribution in [-0.4, -0.2) is 29.2 Å². The number of alkyl carbamates (subject to hydrolysis) is 1. The summed E-state index contributed by atoms with van der Waals surface area (Å²) in [4.78, 5) is 17.8. The number of nitrogens with one attached hydrogen (secondary N) is 2. The van der Waals surface area contributed by atoms with Gasteiger partial charge in [0, 0.05) is 13.0 Å². The second kappa shape index (κ2) is 5.64. The van der Waals surface area contributed by atoms with Crippen molar-refractivity contribution in [1.29, 1.82) is 0 Å². The zero-order valence-electron chi connectivity index (χ0n) is 10.3. The van der Waals surface area contributed by atoms with Crippen LogP contribution in [0.15, 0.2) is 12.1 Å². The minimum absolute atomic E-state index is 0.0360. The molecule has 2 rings (SSSR count). The van der Waals surface area contributed by atoms with E-state index in [-0.39, 0.29) is 5.52 Å². The van der Waals surface area contributed by atoms with Gasteiger partial charge in [0.25, 0.3) is 0 Å². The second-order valence-corrected chi connectivity index (χ2v) is 3.84. The number of benzene rings is 1. The number of halogens is 2. The summed E-state index contributed by atoms with van der Waals surface area (Å²) in [7, 11) is 0. The van der Waals surface area contributed by atoms with Gasteiger partial charge in [-0.25, -0.2) is 18.6 Å². The van der Waals surface area contributed by atoms with E-state index in [4.69, 9.17) is 0 Å². The molecule has 1 aromatic carbocycles. The van der Waals surface area contributed by atoms with E-state index in [0.717, 1.165) is 6.07 Å². The predicted molar refractivity (Wildman–Crippen MR) is 64.7 cm³/mol. The lowest BCUT2D eigenvalue weighted by molar-refractivity contribution is 0.152. The maximum Gasteiger partial charge on any atom is 0.407 e. The summed E-state index contributed by atoms with van der Waals surface area (Å²) in [6.45, 7) is 2.29. The molecule has 2 aromatic rings. The summed E-state index contributed by atoms with van der Waals surface area (Å²) in [5, 5.41) is 2.51. The van der Waals surface area contributed by atoms with Crippen molar-refractivity contribution in [2.75, 3.05) is 13.2 Å². The number of H-pyrrole nitrogens is 1. The molecular formula is C12H13F2N3O2. The molecule has 1 aromatic heterocycles. The molecule has 102 valence electrons. The highest BCUT2D eigenvalue weighted by atomic mass is 19.2. The number of rotatable bonds is 4. The summed E-state index contributed by atoms with van der Waals surface area (Å²) in [5.74, 6) is -1.44. The average molecular weight is 269 g/mol. The molecule has 0 saturated carbocycles. The van der Waals surface area contributed by atoms with Gasteiger partial charge >= 0.3 is 6.09 Å². The van der Waals surface area contributed by atoms with Gasteiger partial charge in [0.2, 0.25) is 0 Å². The molecule has 0 unspecified atom stereocenters. The Kier molecular flexibility index (Phi) is 3.94. The Morgan fingerprint density at radius 3 is 3.00 bits per heavy atom. The van der Waals surface area contributed by atoms with E-state index < -0.39 is 17.7 Å². The van der Waals surface area contributed by atoms with Gasteiger partial charge in [0.15, 0.2) is 11.6 Å². The number of imidazole rings is 1. The smallest absolute Gasteiger partial charge is 0.407 e. The summed E-state index contributed by atoms with van der Waals surface area (Å²) in [5.41, 5.74) is 0.385. The number of ether oxygens (including phenoxy) is 1. The first kappa shape index (κ1) is 13.3. The Balaban J connectivity index is 2.02. The zero-order chi connectivity index (χ0) is 13.8. The monoisotopic (exact) mass is 269 g/mol. The summed E-state index contributed by atoms with van der Waals surface area (Å²) >= 11 is 0. The molecule has 0 aliphatic rings. The van der Waals surface area contributed by atoms with Crippen LogP contribution >= 0.6 is 0 Å². The third-order valence-corrected chi connectivity index (χ3v) is 2.50. The third-order valence-electron chi connectivity index (χ3n) is 2.50. The molecule has 7 heteroatoms. The maximum absolute atomic E-state index is 13.4. The lowest BCUT2D eigenvalue weighted by Gasteiger charge is -2.02. The molecule has 19 heavy (non-hydrogen) atoms. The first-order valence-corrected chi connectivity index (χ1v) is 5.85. The number of hydrogen-bond donors (Lipinski definition) is 2. The molecule has 0 saturated heterocycles. The van der Waals surface area contributed by atoms with Crippen LogP contribution < -0.4 is 5.32 Å². The number of nitrogens with zero attached hydrogens (tertiary/aromatic N) is 1. The van der Waals surface area contributed by atoms with E-state index in [9.17, 15) is 13.6 Å². The van der Waals surface area contributed by atoms with Crippen LogP contribution in [0, 0.1) is 11.6 Å². The van der Waals surface area contributed by atoms with Gasteiger partial charge in [-0.2, -0.15) is 0 Å². The van der Waals surface area contributed by atoms with E-state index in [1.54, 1.807) is 6.92 Å². The van der Waals surface area contributed by atoms with Crippen molar-refractivity contribution in [3.05, 3.63) is 29.6 Å². The highest BCUT2D eigenvalue weighted by Gasteiger charge is 2.11. The van der Waals surface area contributed by atoms with Crippen molar-refractivity contribution in [3.63, 3.8) is 0 Å². The van der Waals surface area contributed by atoms with Crippen LogP contribution in [-0.2, 0) is 11.2 Å². The lowest BCUT2D eigenvalue weighted by Crippen LogP contribution is -2.26. The molecule has 0 aliphatic carbocycles. The minimum atomic E-state index is -0.974. The van der Waals surface area contributed by atoms with E-state index >= 15 is 0 Å². The predicted octanol–water partition coefficient (Wildman–Crippen LogP) is 2.13. The Morgan fingerprint density at radius 1 is 1.47 bits per heavy atom. The van der Waals surface area contributed by atoms with Gasteiger partial charge in [0.1, 0.15) is 11.3 Å². The summed E-state index contributed by atoms with van der Waals surface area (Å²) < 4.78 is 31.1. The van der Waals surface area contributed by atoms with E-state index in [0.29, 0.717) is 30.9 Å². The Labute approximate surface area is 108 Å². The van der Waals surface area contributed by atoms with Crippen LogP contribution in [0.2, 0.25) is 0 Å². The fourth-order valence-electron chi connectivity index (χ4n) is 1.65. The first-order chi connectivity index (χ1) is 9.11. The average Bonchev–Trinajstić information content (AvgIpc) is 2.78. The molecule has 0 bridgehead atoms. The van der Waals surface area contributed by atoms with Crippen LogP contribution in [0.5, 0.6) is 0 Å². The number of aromatic amines is 1.